The van der Waals surface area contributed by atoms with Crippen LogP contribution in [0.2, 0.25) is 0 Å². The fourth-order valence-corrected chi connectivity index (χ4v) is 4.11. The Balaban J connectivity index is 1.56. The van der Waals surface area contributed by atoms with Gasteiger partial charge in [0.05, 0.1) is 17.9 Å². The summed E-state index contributed by atoms with van der Waals surface area (Å²) in [5.74, 6) is 1.40. The number of hydrogen-bond donors (Lipinski definition) is 1. The van der Waals surface area contributed by atoms with Gasteiger partial charge in [0, 0.05) is 33.0 Å². The number of aryl methyl sites for hydroxylation is 1. The Labute approximate surface area is 145 Å². The van der Waals surface area contributed by atoms with Crippen LogP contribution in [0, 0.1) is 5.92 Å². The summed E-state index contributed by atoms with van der Waals surface area (Å²) in [6.07, 6.45) is 9.52. The second-order valence-electron chi connectivity index (χ2n) is 7.69. The standard InChI is InChI=1S/C19H32N4O/c1-22(19(24)11-15-7-4-3-5-8-15)14-17-12-18(21-23(17)2)16-9-6-10-20-13-16/h12,15-16,20H,3-11,13-14H2,1-2H3. The Bertz CT molecular complexity index is 542. The first-order valence-corrected chi connectivity index (χ1v) is 9.61. The van der Waals surface area contributed by atoms with E-state index >= 15 is 0 Å². The van der Waals surface area contributed by atoms with Gasteiger partial charge in [-0.1, -0.05) is 19.3 Å². The third kappa shape index (κ3) is 4.38. The molecule has 1 saturated heterocycles. The van der Waals surface area contributed by atoms with Crippen LogP contribution in [0.25, 0.3) is 0 Å². The number of hydrogen-bond acceptors (Lipinski definition) is 3. The average molecular weight is 332 g/mol. The third-order valence-corrected chi connectivity index (χ3v) is 5.72. The van der Waals surface area contributed by atoms with Gasteiger partial charge in [-0.3, -0.25) is 9.48 Å². The van der Waals surface area contributed by atoms with Crippen LogP contribution < -0.4 is 5.32 Å². The monoisotopic (exact) mass is 332 g/mol. The maximum absolute atomic E-state index is 12.5. The molecule has 1 N–H and O–H groups in total. The van der Waals surface area contributed by atoms with E-state index in [2.05, 4.69) is 11.4 Å². The van der Waals surface area contributed by atoms with Gasteiger partial charge in [0.1, 0.15) is 0 Å². The van der Waals surface area contributed by atoms with Gasteiger partial charge in [-0.15, -0.1) is 0 Å². The summed E-state index contributed by atoms with van der Waals surface area (Å²) in [5, 5.41) is 8.15. The van der Waals surface area contributed by atoms with Gasteiger partial charge in [0.25, 0.3) is 0 Å². The molecule has 0 radical (unpaired) electrons. The summed E-state index contributed by atoms with van der Waals surface area (Å²) in [6.45, 7) is 2.80. The lowest BCUT2D eigenvalue weighted by Gasteiger charge is -2.24. The molecule has 2 fully saturated rings. The fourth-order valence-electron chi connectivity index (χ4n) is 4.11. The van der Waals surface area contributed by atoms with Crippen molar-refractivity contribution in [1.82, 2.24) is 20.0 Å². The Morgan fingerprint density at radius 2 is 2.08 bits per heavy atom. The molecule has 2 aliphatic rings. The minimum Gasteiger partial charge on any atom is -0.340 e. The second kappa shape index (κ2) is 8.15. The Hall–Kier alpha value is -1.36. The predicted octanol–water partition coefficient (Wildman–Crippen LogP) is 2.82. The number of amides is 1. The molecular formula is C19H32N4O. The van der Waals surface area contributed by atoms with Gasteiger partial charge in [-0.2, -0.15) is 5.10 Å². The van der Waals surface area contributed by atoms with Crippen molar-refractivity contribution >= 4 is 5.91 Å². The molecule has 1 amide bonds. The van der Waals surface area contributed by atoms with Gasteiger partial charge in [-0.25, -0.2) is 0 Å². The van der Waals surface area contributed by atoms with Crippen LogP contribution in [0.5, 0.6) is 0 Å². The lowest BCUT2D eigenvalue weighted by Crippen LogP contribution is -2.29. The molecule has 1 aliphatic carbocycles. The quantitative estimate of drug-likeness (QED) is 0.902. The van der Waals surface area contributed by atoms with Gasteiger partial charge in [-0.05, 0) is 44.2 Å². The summed E-state index contributed by atoms with van der Waals surface area (Å²) in [6, 6.07) is 2.20. The number of rotatable bonds is 5. The highest BCUT2D eigenvalue weighted by atomic mass is 16.2. The molecule has 2 heterocycles. The van der Waals surface area contributed by atoms with E-state index in [0.29, 0.717) is 24.8 Å². The van der Waals surface area contributed by atoms with Crippen LogP contribution >= 0.6 is 0 Å². The highest BCUT2D eigenvalue weighted by Crippen LogP contribution is 2.27. The molecule has 24 heavy (non-hydrogen) atoms. The van der Waals surface area contributed by atoms with E-state index in [1.54, 1.807) is 0 Å². The molecule has 1 aromatic heterocycles. The van der Waals surface area contributed by atoms with Crippen molar-refractivity contribution < 1.29 is 4.79 Å². The number of nitrogens with one attached hydrogen (secondary N) is 1. The van der Waals surface area contributed by atoms with E-state index in [1.165, 1.54) is 50.6 Å². The predicted molar refractivity (Wildman–Crippen MR) is 95.7 cm³/mol. The molecule has 1 saturated carbocycles. The summed E-state index contributed by atoms with van der Waals surface area (Å²) < 4.78 is 1.95. The summed E-state index contributed by atoms with van der Waals surface area (Å²) >= 11 is 0. The molecule has 0 aromatic carbocycles. The minimum absolute atomic E-state index is 0.281. The van der Waals surface area contributed by atoms with Crippen LogP contribution in [-0.4, -0.2) is 40.7 Å². The fraction of sp³-hybridized carbons (Fsp3) is 0.789. The zero-order chi connectivity index (χ0) is 16.9. The first-order valence-electron chi connectivity index (χ1n) is 9.61. The molecule has 1 aromatic rings. The van der Waals surface area contributed by atoms with Gasteiger partial charge < -0.3 is 10.2 Å². The van der Waals surface area contributed by atoms with E-state index in [9.17, 15) is 4.79 Å². The van der Waals surface area contributed by atoms with Gasteiger partial charge in [0.15, 0.2) is 0 Å². The zero-order valence-corrected chi connectivity index (χ0v) is 15.3. The molecule has 0 spiro atoms. The van der Waals surface area contributed by atoms with Crippen molar-refractivity contribution in [2.24, 2.45) is 13.0 Å². The Kier molecular flexibility index (Phi) is 5.93. The number of carbonyl (C=O) groups is 1. The number of aromatic nitrogens is 2. The molecule has 0 bridgehead atoms. The second-order valence-corrected chi connectivity index (χ2v) is 7.69. The average Bonchev–Trinajstić information content (AvgIpc) is 2.97. The van der Waals surface area contributed by atoms with Crippen molar-refractivity contribution in [3.05, 3.63) is 17.5 Å². The largest absolute Gasteiger partial charge is 0.340 e. The van der Waals surface area contributed by atoms with Crippen molar-refractivity contribution in [1.29, 1.82) is 0 Å². The van der Waals surface area contributed by atoms with E-state index in [0.717, 1.165) is 18.8 Å². The third-order valence-electron chi connectivity index (χ3n) is 5.72. The van der Waals surface area contributed by atoms with E-state index < -0.39 is 0 Å². The summed E-state index contributed by atoms with van der Waals surface area (Å²) in [5.41, 5.74) is 2.31. The van der Waals surface area contributed by atoms with E-state index in [1.807, 2.05) is 23.7 Å². The van der Waals surface area contributed by atoms with Crippen LogP contribution in [0.4, 0.5) is 0 Å². The van der Waals surface area contributed by atoms with Crippen molar-refractivity contribution in [3.63, 3.8) is 0 Å². The number of piperidine rings is 1. The van der Waals surface area contributed by atoms with Crippen LogP contribution in [0.3, 0.4) is 0 Å². The van der Waals surface area contributed by atoms with E-state index in [4.69, 9.17) is 5.10 Å². The van der Waals surface area contributed by atoms with Crippen molar-refractivity contribution in [2.75, 3.05) is 20.1 Å². The number of nitrogens with zero attached hydrogens (tertiary/aromatic N) is 3. The highest BCUT2D eigenvalue weighted by Gasteiger charge is 2.22. The van der Waals surface area contributed by atoms with Crippen molar-refractivity contribution in [2.45, 2.75) is 63.8 Å². The molecule has 1 atom stereocenters. The highest BCUT2D eigenvalue weighted by molar-refractivity contribution is 5.76. The van der Waals surface area contributed by atoms with Crippen LogP contribution in [0.15, 0.2) is 6.07 Å². The Morgan fingerprint density at radius 3 is 2.79 bits per heavy atom. The summed E-state index contributed by atoms with van der Waals surface area (Å²) in [7, 11) is 3.93. The lowest BCUT2D eigenvalue weighted by atomic mass is 9.87. The molecule has 134 valence electrons. The summed E-state index contributed by atoms with van der Waals surface area (Å²) in [4.78, 5) is 14.4. The normalized spacial score (nSPS) is 22.5. The first-order chi connectivity index (χ1) is 11.6. The SMILES string of the molecule is CN(Cc1cc(C2CCCNC2)nn1C)C(=O)CC1CCCCC1. The molecular weight excluding hydrogens is 300 g/mol. The maximum atomic E-state index is 12.5. The number of carbonyl (C=O) groups excluding carboxylic acids is 1. The molecule has 1 aliphatic heterocycles. The first kappa shape index (κ1) is 17.5. The van der Waals surface area contributed by atoms with Crippen molar-refractivity contribution in [3.8, 4) is 0 Å². The maximum Gasteiger partial charge on any atom is 0.222 e. The molecule has 1 unspecified atom stereocenters. The molecule has 5 nitrogen and oxygen atoms in total. The lowest BCUT2D eigenvalue weighted by molar-refractivity contribution is -0.131. The van der Waals surface area contributed by atoms with Gasteiger partial charge >= 0.3 is 0 Å². The van der Waals surface area contributed by atoms with Crippen LogP contribution in [-0.2, 0) is 18.4 Å². The minimum atomic E-state index is 0.281. The van der Waals surface area contributed by atoms with Crippen LogP contribution in [0.1, 0.15) is 68.7 Å². The van der Waals surface area contributed by atoms with Gasteiger partial charge in [0.2, 0.25) is 5.91 Å². The molecule has 3 rings (SSSR count). The zero-order valence-electron chi connectivity index (χ0n) is 15.3. The smallest absolute Gasteiger partial charge is 0.222 e. The topological polar surface area (TPSA) is 50.2 Å². The Morgan fingerprint density at radius 1 is 1.29 bits per heavy atom. The molecule has 5 heteroatoms. The van der Waals surface area contributed by atoms with E-state index in [-0.39, 0.29) is 5.91 Å².